The first-order chi connectivity index (χ1) is 9.76. The number of aromatic nitrogens is 2. The Morgan fingerprint density at radius 1 is 1.29 bits per heavy atom. The van der Waals surface area contributed by atoms with Crippen LogP contribution < -0.4 is 5.56 Å². The molecule has 0 atom stereocenters. The third-order valence-corrected chi connectivity index (χ3v) is 3.25. The van der Waals surface area contributed by atoms with E-state index in [9.17, 15) is 9.90 Å². The molecule has 1 heterocycles. The minimum Gasteiger partial charge on any atom is -0.493 e. The second-order valence-electron chi connectivity index (χ2n) is 5.62. The second kappa shape index (κ2) is 5.99. The Balaban J connectivity index is 2.34. The number of benzene rings is 1. The van der Waals surface area contributed by atoms with Gasteiger partial charge >= 0.3 is 0 Å². The first-order valence-electron chi connectivity index (χ1n) is 6.48. The van der Waals surface area contributed by atoms with Crippen LogP contribution in [0.4, 0.5) is 0 Å². The SMILES string of the molecule is CC(C)(C)OCc1nc(O)c(-c2ccc(Br)cc2)c(=O)[nH]1. The van der Waals surface area contributed by atoms with Crippen LogP contribution in [-0.4, -0.2) is 20.7 Å². The van der Waals surface area contributed by atoms with Crippen molar-refractivity contribution in [3.05, 3.63) is 44.9 Å². The molecule has 112 valence electrons. The standard InChI is InChI=1S/C15H17BrN2O3/c1-15(2,3)21-8-11-17-13(19)12(14(20)18-11)9-4-6-10(16)7-5-9/h4-7H,8H2,1-3H3,(H2,17,18,19,20). The largest absolute Gasteiger partial charge is 0.493 e. The predicted molar refractivity (Wildman–Crippen MR) is 84.2 cm³/mol. The quantitative estimate of drug-likeness (QED) is 0.889. The highest BCUT2D eigenvalue weighted by atomic mass is 79.9. The lowest BCUT2D eigenvalue weighted by atomic mass is 10.1. The summed E-state index contributed by atoms with van der Waals surface area (Å²) in [7, 11) is 0. The summed E-state index contributed by atoms with van der Waals surface area (Å²) in [6, 6.07) is 7.07. The number of hydrogen-bond donors (Lipinski definition) is 2. The average molecular weight is 353 g/mol. The highest BCUT2D eigenvalue weighted by Gasteiger charge is 2.15. The van der Waals surface area contributed by atoms with E-state index in [-0.39, 0.29) is 23.7 Å². The first-order valence-corrected chi connectivity index (χ1v) is 7.27. The van der Waals surface area contributed by atoms with Crippen LogP contribution in [0.5, 0.6) is 5.88 Å². The Bertz CT molecular complexity index is 688. The summed E-state index contributed by atoms with van der Waals surface area (Å²) in [4.78, 5) is 18.8. The lowest BCUT2D eigenvalue weighted by Gasteiger charge is -2.19. The molecule has 0 fully saturated rings. The molecule has 2 rings (SSSR count). The van der Waals surface area contributed by atoms with Crippen LogP contribution in [0.2, 0.25) is 0 Å². The van der Waals surface area contributed by atoms with E-state index in [0.29, 0.717) is 11.4 Å². The van der Waals surface area contributed by atoms with Crippen molar-refractivity contribution in [3.63, 3.8) is 0 Å². The fourth-order valence-corrected chi connectivity index (χ4v) is 2.00. The van der Waals surface area contributed by atoms with Gasteiger partial charge in [-0.15, -0.1) is 0 Å². The van der Waals surface area contributed by atoms with E-state index in [2.05, 4.69) is 25.9 Å². The molecular weight excluding hydrogens is 336 g/mol. The second-order valence-corrected chi connectivity index (χ2v) is 6.53. The van der Waals surface area contributed by atoms with Crippen LogP contribution in [0.3, 0.4) is 0 Å². The van der Waals surface area contributed by atoms with Gasteiger partial charge in [-0.25, -0.2) is 0 Å². The van der Waals surface area contributed by atoms with E-state index >= 15 is 0 Å². The van der Waals surface area contributed by atoms with Gasteiger partial charge in [-0.05, 0) is 38.5 Å². The van der Waals surface area contributed by atoms with Crippen molar-refractivity contribution in [2.45, 2.75) is 33.0 Å². The highest BCUT2D eigenvalue weighted by Crippen LogP contribution is 2.25. The van der Waals surface area contributed by atoms with Crippen molar-refractivity contribution >= 4 is 15.9 Å². The molecule has 0 spiro atoms. The first kappa shape index (κ1) is 15.7. The number of aromatic hydroxyl groups is 1. The van der Waals surface area contributed by atoms with Crippen molar-refractivity contribution in [3.8, 4) is 17.0 Å². The van der Waals surface area contributed by atoms with Gasteiger partial charge in [0.05, 0.1) is 5.60 Å². The maximum absolute atomic E-state index is 12.1. The van der Waals surface area contributed by atoms with E-state index < -0.39 is 5.56 Å². The van der Waals surface area contributed by atoms with Gasteiger partial charge in [-0.3, -0.25) is 4.79 Å². The lowest BCUT2D eigenvalue weighted by Crippen LogP contribution is -2.21. The van der Waals surface area contributed by atoms with E-state index in [0.717, 1.165) is 4.47 Å². The van der Waals surface area contributed by atoms with Gasteiger partial charge in [0.1, 0.15) is 18.0 Å². The van der Waals surface area contributed by atoms with Crippen molar-refractivity contribution in [1.29, 1.82) is 0 Å². The minimum absolute atomic E-state index is 0.132. The van der Waals surface area contributed by atoms with Crippen LogP contribution in [0.15, 0.2) is 33.5 Å². The fourth-order valence-electron chi connectivity index (χ4n) is 1.74. The topological polar surface area (TPSA) is 75.2 Å². The molecule has 0 unspecified atom stereocenters. The van der Waals surface area contributed by atoms with Crippen LogP contribution in [0.1, 0.15) is 26.6 Å². The van der Waals surface area contributed by atoms with Gasteiger partial charge < -0.3 is 14.8 Å². The Kier molecular flexibility index (Phi) is 4.49. The predicted octanol–water partition coefficient (Wildman–Crippen LogP) is 3.22. The molecule has 2 aromatic rings. The van der Waals surface area contributed by atoms with Crippen molar-refractivity contribution in [2.75, 3.05) is 0 Å². The molecule has 0 amide bonds. The normalized spacial score (nSPS) is 11.6. The van der Waals surface area contributed by atoms with Crippen LogP contribution in [-0.2, 0) is 11.3 Å². The zero-order valence-electron chi connectivity index (χ0n) is 12.1. The van der Waals surface area contributed by atoms with Gasteiger partial charge in [0.15, 0.2) is 0 Å². The number of nitrogens with one attached hydrogen (secondary N) is 1. The maximum atomic E-state index is 12.1. The summed E-state index contributed by atoms with van der Waals surface area (Å²) >= 11 is 3.33. The molecule has 6 heteroatoms. The van der Waals surface area contributed by atoms with E-state index in [4.69, 9.17) is 4.74 Å². The molecule has 2 N–H and O–H groups in total. The average Bonchev–Trinajstić information content (AvgIpc) is 2.37. The third-order valence-electron chi connectivity index (χ3n) is 2.72. The molecular formula is C15H17BrN2O3. The zero-order valence-corrected chi connectivity index (χ0v) is 13.7. The molecule has 21 heavy (non-hydrogen) atoms. The zero-order chi connectivity index (χ0) is 15.6. The van der Waals surface area contributed by atoms with Gasteiger partial charge in [-0.1, -0.05) is 28.1 Å². The number of hydrogen-bond acceptors (Lipinski definition) is 4. The molecule has 0 aliphatic heterocycles. The van der Waals surface area contributed by atoms with Crippen molar-refractivity contribution < 1.29 is 9.84 Å². The third kappa shape index (κ3) is 4.15. The number of nitrogens with zero attached hydrogens (tertiary/aromatic N) is 1. The molecule has 0 saturated heterocycles. The maximum Gasteiger partial charge on any atom is 0.262 e. The van der Waals surface area contributed by atoms with Gasteiger partial charge in [0.25, 0.3) is 5.56 Å². The summed E-state index contributed by atoms with van der Waals surface area (Å²) in [5.41, 5.74) is 0.0190. The lowest BCUT2D eigenvalue weighted by molar-refractivity contribution is -0.0183. The smallest absolute Gasteiger partial charge is 0.262 e. The Morgan fingerprint density at radius 3 is 2.43 bits per heavy atom. The summed E-state index contributed by atoms with van der Waals surface area (Å²) in [5.74, 6) is 0.00173. The summed E-state index contributed by atoms with van der Waals surface area (Å²) in [5, 5.41) is 10.0. The van der Waals surface area contributed by atoms with Gasteiger partial charge in [-0.2, -0.15) is 4.98 Å². The molecule has 0 aliphatic rings. The number of aromatic amines is 1. The molecule has 0 aliphatic carbocycles. The number of halogens is 1. The van der Waals surface area contributed by atoms with Gasteiger partial charge in [0.2, 0.25) is 5.88 Å². The molecule has 0 bridgehead atoms. The monoisotopic (exact) mass is 352 g/mol. The highest BCUT2D eigenvalue weighted by molar-refractivity contribution is 9.10. The van der Waals surface area contributed by atoms with Crippen molar-refractivity contribution in [2.24, 2.45) is 0 Å². The van der Waals surface area contributed by atoms with Crippen molar-refractivity contribution in [1.82, 2.24) is 9.97 Å². The fraction of sp³-hybridized carbons (Fsp3) is 0.333. The van der Waals surface area contributed by atoms with E-state index in [1.165, 1.54) is 0 Å². The molecule has 1 aromatic carbocycles. The van der Waals surface area contributed by atoms with E-state index in [1.807, 2.05) is 20.8 Å². The molecule has 5 nitrogen and oxygen atoms in total. The molecule has 0 radical (unpaired) electrons. The van der Waals surface area contributed by atoms with Crippen LogP contribution >= 0.6 is 15.9 Å². The van der Waals surface area contributed by atoms with Gasteiger partial charge in [0, 0.05) is 4.47 Å². The number of ether oxygens (including phenoxy) is 1. The minimum atomic E-state index is -0.391. The number of H-pyrrole nitrogens is 1. The Labute approximate surface area is 131 Å². The van der Waals surface area contributed by atoms with E-state index in [1.54, 1.807) is 24.3 Å². The number of rotatable bonds is 3. The van der Waals surface area contributed by atoms with Crippen LogP contribution in [0, 0.1) is 0 Å². The molecule has 0 saturated carbocycles. The van der Waals surface area contributed by atoms with Crippen LogP contribution in [0.25, 0.3) is 11.1 Å². The summed E-state index contributed by atoms with van der Waals surface area (Å²) < 4.78 is 6.43. The summed E-state index contributed by atoms with van der Waals surface area (Å²) in [6.07, 6.45) is 0. The Hall–Kier alpha value is -1.66. The Morgan fingerprint density at radius 2 is 1.90 bits per heavy atom. The molecule has 1 aromatic heterocycles. The summed E-state index contributed by atoms with van der Waals surface area (Å²) in [6.45, 7) is 5.84.